The van der Waals surface area contributed by atoms with Gasteiger partial charge in [0.15, 0.2) is 6.29 Å². The summed E-state index contributed by atoms with van der Waals surface area (Å²) in [4.78, 5) is 0. The van der Waals surface area contributed by atoms with E-state index in [4.69, 9.17) is 9.47 Å². The number of fused-ring (bicyclic) bond motifs is 7. The molecule has 0 radical (unpaired) electrons. The fourth-order valence-electron chi connectivity index (χ4n) is 12.4. The Morgan fingerprint density at radius 1 is 0.905 bits per heavy atom. The smallest absolute Gasteiger partial charge is 0.186 e. The number of hydrogen-bond donors (Lipinski definition) is 4. The first-order chi connectivity index (χ1) is 19.7. The van der Waals surface area contributed by atoms with Crippen molar-refractivity contribution in [1.29, 1.82) is 0 Å². The molecule has 5 fully saturated rings. The monoisotopic (exact) mass is 586 g/mol. The predicted molar refractivity (Wildman–Crippen MR) is 163 cm³/mol. The highest BCUT2D eigenvalue weighted by molar-refractivity contribution is 5.27. The van der Waals surface area contributed by atoms with Crippen molar-refractivity contribution >= 4 is 0 Å². The Bertz CT molecular complexity index is 1080. The SMILES string of the molecule is C=C(C)[C@@H]1CCC=C2CC[C@]3(C)[C@H](CC[C@@H]4[C@@]5(C)CC[C@H](O[C@@H]6O[C@H](CO)[C@@H](O)[C@H](O)[C@H]6O)C(C)(C)[C@@H]5CC[C@]43C)[C@H]21. The standard InChI is InChI=1S/C36H58O6/c1-20(2)22-10-8-9-21-13-17-35(6)23(28(21)22)11-12-26-34(5)16-15-27(33(3,4)25(34)14-18-36(26,35)7)42-32-31(40)30(39)29(38)24(19-37)41-32/h9,22-32,37-40H,1,8,10-19H2,2-7H3/t22-,23+,24+,25-,26+,27-,28+,29+,30-,31+,32-,34-,35+,36+/m0/s1. The number of ether oxygens (including phenoxy) is 2. The molecule has 0 aromatic carbocycles. The first-order valence-corrected chi connectivity index (χ1v) is 17.0. The van der Waals surface area contributed by atoms with Gasteiger partial charge in [0, 0.05) is 0 Å². The molecule has 0 aromatic rings. The lowest BCUT2D eigenvalue weighted by Crippen LogP contribution is -2.66. The maximum atomic E-state index is 10.7. The van der Waals surface area contributed by atoms with Crippen molar-refractivity contribution in [2.24, 2.45) is 51.2 Å². The Hall–Kier alpha value is -0.760. The summed E-state index contributed by atoms with van der Waals surface area (Å²) in [5.41, 5.74) is 3.80. The highest BCUT2D eigenvalue weighted by Gasteiger charge is 2.68. The molecular formula is C36H58O6. The highest BCUT2D eigenvalue weighted by Crippen LogP contribution is 2.75. The molecule has 4 saturated carbocycles. The molecule has 1 heterocycles. The molecule has 0 bridgehead atoms. The molecule has 238 valence electrons. The second kappa shape index (κ2) is 10.7. The Balaban J connectivity index is 1.25. The van der Waals surface area contributed by atoms with E-state index in [9.17, 15) is 20.4 Å². The van der Waals surface area contributed by atoms with E-state index in [1.165, 1.54) is 56.9 Å². The largest absolute Gasteiger partial charge is 0.394 e. The van der Waals surface area contributed by atoms with Gasteiger partial charge in [-0.1, -0.05) is 58.4 Å². The lowest BCUT2D eigenvalue weighted by atomic mass is 9.33. The van der Waals surface area contributed by atoms with Crippen LogP contribution in [-0.2, 0) is 9.47 Å². The van der Waals surface area contributed by atoms with Crippen molar-refractivity contribution < 1.29 is 29.9 Å². The van der Waals surface area contributed by atoms with Crippen molar-refractivity contribution in [3.05, 3.63) is 23.8 Å². The highest BCUT2D eigenvalue weighted by atomic mass is 16.7. The van der Waals surface area contributed by atoms with Crippen molar-refractivity contribution in [1.82, 2.24) is 0 Å². The molecule has 6 aliphatic rings. The first-order valence-electron chi connectivity index (χ1n) is 17.0. The maximum Gasteiger partial charge on any atom is 0.186 e. The van der Waals surface area contributed by atoms with E-state index >= 15 is 0 Å². The minimum Gasteiger partial charge on any atom is -0.394 e. The van der Waals surface area contributed by atoms with Crippen LogP contribution in [-0.4, -0.2) is 63.8 Å². The van der Waals surface area contributed by atoms with Gasteiger partial charge in [0.1, 0.15) is 24.4 Å². The summed E-state index contributed by atoms with van der Waals surface area (Å²) >= 11 is 0. The Morgan fingerprint density at radius 2 is 1.64 bits per heavy atom. The topological polar surface area (TPSA) is 99.4 Å². The maximum absolute atomic E-state index is 10.7. The van der Waals surface area contributed by atoms with Gasteiger partial charge in [0.2, 0.25) is 0 Å². The van der Waals surface area contributed by atoms with Gasteiger partial charge in [0.05, 0.1) is 12.7 Å². The predicted octanol–water partition coefficient (Wildman–Crippen LogP) is 5.77. The van der Waals surface area contributed by atoms with Crippen molar-refractivity contribution in [2.45, 2.75) is 143 Å². The molecule has 42 heavy (non-hydrogen) atoms. The molecule has 0 aromatic heterocycles. The number of allylic oxidation sites excluding steroid dienone is 3. The number of aliphatic hydroxyl groups is 4. The fraction of sp³-hybridized carbons (Fsp3) is 0.889. The average Bonchev–Trinajstić information content (AvgIpc) is 2.94. The molecule has 0 amide bonds. The molecule has 0 spiro atoms. The van der Waals surface area contributed by atoms with Crippen LogP contribution in [0.3, 0.4) is 0 Å². The van der Waals surface area contributed by atoms with Gasteiger partial charge in [-0.2, -0.15) is 0 Å². The van der Waals surface area contributed by atoms with Crippen LogP contribution in [0.25, 0.3) is 0 Å². The van der Waals surface area contributed by atoms with Crippen LogP contribution in [0, 0.1) is 51.2 Å². The quantitative estimate of drug-likeness (QED) is 0.247. The van der Waals surface area contributed by atoms with Crippen LogP contribution >= 0.6 is 0 Å². The molecule has 6 heteroatoms. The molecule has 1 saturated heterocycles. The van der Waals surface area contributed by atoms with E-state index < -0.39 is 37.3 Å². The van der Waals surface area contributed by atoms with Gasteiger partial charge >= 0.3 is 0 Å². The lowest BCUT2D eigenvalue weighted by Gasteiger charge is -2.72. The molecular weight excluding hydrogens is 528 g/mol. The molecule has 5 aliphatic carbocycles. The van der Waals surface area contributed by atoms with Crippen LogP contribution in [0.5, 0.6) is 0 Å². The summed E-state index contributed by atoms with van der Waals surface area (Å²) in [5.74, 6) is 3.19. The first kappa shape index (κ1) is 31.2. The minimum atomic E-state index is -1.41. The molecule has 0 unspecified atom stereocenters. The summed E-state index contributed by atoms with van der Waals surface area (Å²) in [5, 5.41) is 41.0. The zero-order valence-corrected chi connectivity index (χ0v) is 27.0. The third-order valence-corrected chi connectivity index (χ3v) is 14.8. The van der Waals surface area contributed by atoms with E-state index in [1.807, 2.05) is 0 Å². The average molecular weight is 587 g/mol. The van der Waals surface area contributed by atoms with Crippen LogP contribution in [0.2, 0.25) is 0 Å². The second-order valence-electron chi connectivity index (χ2n) is 16.7. The Morgan fingerprint density at radius 3 is 2.33 bits per heavy atom. The summed E-state index contributed by atoms with van der Waals surface area (Å²) < 4.78 is 12.3. The van der Waals surface area contributed by atoms with Crippen LogP contribution in [0.4, 0.5) is 0 Å². The summed E-state index contributed by atoms with van der Waals surface area (Å²) in [6.45, 7) is 18.9. The molecule has 6 nitrogen and oxygen atoms in total. The fourth-order valence-corrected chi connectivity index (χ4v) is 12.4. The Kier molecular flexibility index (Phi) is 7.93. The van der Waals surface area contributed by atoms with Crippen LogP contribution in [0.1, 0.15) is 106 Å². The third-order valence-electron chi connectivity index (χ3n) is 14.8. The van der Waals surface area contributed by atoms with Gasteiger partial charge in [-0.3, -0.25) is 0 Å². The third kappa shape index (κ3) is 4.32. The van der Waals surface area contributed by atoms with Gasteiger partial charge in [0.25, 0.3) is 0 Å². The summed E-state index contributed by atoms with van der Waals surface area (Å²) in [7, 11) is 0. The number of aliphatic hydroxyl groups excluding tert-OH is 4. The van der Waals surface area contributed by atoms with E-state index in [0.717, 1.165) is 18.8 Å². The van der Waals surface area contributed by atoms with Crippen molar-refractivity contribution in [3.8, 4) is 0 Å². The van der Waals surface area contributed by atoms with Gasteiger partial charge in [-0.15, -0.1) is 0 Å². The molecule has 14 atom stereocenters. The normalized spacial score (nSPS) is 53.6. The lowest BCUT2D eigenvalue weighted by molar-refractivity contribution is -0.331. The number of hydrogen-bond acceptors (Lipinski definition) is 6. The molecule has 6 rings (SSSR count). The van der Waals surface area contributed by atoms with E-state index in [-0.39, 0.29) is 16.9 Å². The van der Waals surface area contributed by atoms with Gasteiger partial charge in [-0.05, 0) is 122 Å². The van der Waals surface area contributed by atoms with Crippen molar-refractivity contribution in [2.75, 3.05) is 6.61 Å². The van der Waals surface area contributed by atoms with Gasteiger partial charge < -0.3 is 29.9 Å². The zero-order valence-electron chi connectivity index (χ0n) is 27.0. The summed E-state index contributed by atoms with van der Waals surface area (Å²) in [6.07, 6.45) is 8.30. The van der Waals surface area contributed by atoms with E-state index in [2.05, 4.69) is 54.2 Å². The Labute approximate surface area is 254 Å². The van der Waals surface area contributed by atoms with Crippen LogP contribution in [0.15, 0.2) is 23.8 Å². The zero-order chi connectivity index (χ0) is 30.4. The summed E-state index contributed by atoms with van der Waals surface area (Å²) in [6, 6.07) is 0. The van der Waals surface area contributed by atoms with Gasteiger partial charge in [-0.25, -0.2) is 0 Å². The van der Waals surface area contributed by atoms with Crippen LogP contribution < -0.4 is 0 Å². The van der Waals surface area contributed by atoms with E-state index in [1.54, 1.807) is 5.57 Å². The minimum absolute atomic E-state index is 0.144. The van der Waals surface area contributed by atoms with E-state index in [0.29, 0.717) is 34.5 Å². The number of rotatable bonds is 4. The molecule has 1 aliphatic heterocycles. The van der Waals surface area contributed by atoms with Crippen molar-refractivity contribution in [3.63, 3.8) is 0 Å². The molecule has 4 N–H and O–H groups in total. The second-order valence-corrected chi connectivity index (χ2v) is 16.7.